The molecule has 1 unspecified atom stereocenters. The number of rotatable bonds is 2. The molecule has 0 bridgehead atoms. The molecule has 0 saturated carbocycles. The molecule has 0 spiro atoms. The minimum Gasteiger partial charge on any atom is -0.334 e. The van der Waals surface area contributed by atoms with Crippen molar-refractivity contribution in [3.8, 4) is 5.69 Å². The van der Waals surface area contributed by atoms with E-state index in [4.69, 9.17) is 0 Å². The van der Waals surface area contributed by atoms with Crippen LogP contribution in [0.15, 0.2) is 30.3 Å². The van der Waals surface area contributed by atoms with Gasteiger partial charge >= 0.3 is 0 Å². The van der Waals surface area contributed by atoms with Gasteiger partial charge in [0, 0.05) is 25.7 Å². The number of aromatic nitrogens is 4. The van der Waals surface area contributed by atoms with Gasteiger partial charge in [-0.1, -0.05) is 23.3 Å². The van der Waals surface area contributed by atoms with Gasteiger partial charge in [0.05, 0.1) is 5.69 Å². The Morgan fingerprint density at radius 3 is 2.89 bits per heavy atom. The fourth-order valence-electron chi connectivity index (χ4n) is 2.24. The summed E-state index contributed by atoms with van der Waals surface area (Å²) in [5.74, 6) is 0.815. The van der Waals surface area contributed by atoms with Crippen LogP contribution in [0.3, 0.4) is 0 Å². The number of tetrazole rings is 1. The predicted octanol–water partition coefficient (Wildman–Crippen LogP) is 0.460. The van der Waals surface area contributed by atoms with Crippen molar-refractivity contribution in [1.82, 2.24) is 25.5 Å². The van der Waals surface area contributed by atoms with Crippen LogP contribution in [0.25, 0.3) is 5.69 Å². The van der Waals surface area contributed by atoms with E-state index < -0.39 is 0 Å². The van der Waals surface area contributed by atoms with Crippen LogP contribution in [-0.2, 0) is 0 Å². The van der Waals surface area contributed by atoms with Gasteiger partial charge in [-0.2, -0.15) is 4.68 Å². The topological polar surface area (TPSA) is 58.9 Å². The molecule has 3 rings (SSSR count). The van der Waals surface area contributed by atoms with Crippen molar-refractivity contribution in [2.24, 2.45) is 0 Å². The summed E-state index contributed by atoms with van der Waals surface area (Å²) in [5.41, 5.74) is 0.989. The lowest BCUT2D eigenvalue weighted by molar-refractivity contribution is 0.489. The summed E-state index contributed by atoms with van der Waals surface area (Å²) in [4.78, 5) is 2.24. The van der Waals surface area contributed by atoms with E-state index in [9.17, 15) is 0 Å². The summed E-state index contributed by atoms with van der Waals surface area (Å²) in [5, 5.41) is 15.4. The predicted molar refractivity (Wildman–Crippen MR) is 68.8 cm³/mol. The molecule has 18 heavy (non-hydrogen) atoms. The number of nitrogens with zero attached hydrogens (tertiary/aromatic N) is 5. The number of anilines is 1. The highest BCUT2D eigenvalue weighted by molar-refractivity contribution is 5.41. The maximum atomic E-state index is 4.17. The molecule has 1 aromatic heterocycles. The Labute approximate surface area is 106 Å². The summed E-state index contributed by atoms with van der Waals surface area (Å²) >= 11 is 0. The van der Waals surface area contributed by atoms with Gasteiger partial charge in [0.2, 0.25) is 0 Å². The molecule has 1 N–H and O–H groups in total. The largest absolute Gasteiger partial charge is 0.334 e. The van der Waals surface area contributed by atoms with E-state index in [1.807, 2.05) is 30.3 Å². The Kier molecular flexibility index (Phi) is 2.93. The Balaban J connectivity index is 1.96. The van der Waals surface area contributed by atoms with Crippen molar-refractivity contribution < 1.29 is 0 Å². The van der Waals surface area contributed by atoms with Crippen LogP contribution in [0.5, 0.6) is 0 Å². The molecule has 1 aliphatic rings. The molecule has 6 heteroatoms. The standard InChI is InChI=1S/C12H16N6/c1-10-9-13-7-8-17(10)12-14-15-16-18(12)11-5-3-2-4-6-11/h2-6,10,13H,7-9H2,1H3. The van der Waals surface area contributed by atoms with Crippen LogP contribution >= 0.6 is 0 Å². The van der Waals surface area contributed by atoms with Gasteiger partial charge < -0.3 is 10.2 Å². The number of benzene rings is 1. The summed E-state index contributed by atoms with van der Waals surface area (Å²) in [6.07, 6.45) is 0. The van der Waals surface area contributed by atoms with E-state index in [2.05, 4.69) is 32.7 Å². The average molecular weight is 244 g/mol. The number of para-hydroxylation sites is 1. The van der Waals surface area contributed by atoms with Gasteiger partial charge in [0.25, 0.3) is 5.95 Å². The van der Waals surface area contributed by atoms with Crippen molar-refractivity contribution in [1.29, 1.82) is 0 Å². The normalized spacial score (nSPS) is 20.1. The maximum Gasteiger partial charge on any atom is 0.250 e. The van der Waals surface area contributed by atoms with Crippen molar-refractivity contribution in [3.63, 3.8) is 0 Å². The third-order valence-corrected chi connectivity index (χ3v) is 3.21. The first kappa shape index (κ1) is 11.2. The van der Waals surface area contributed by atoms with Crippen molar-refractivity contribution in [2.75, 3.05) is 24.5 Å². The van der Waals surface area contributed by atoms with Crippen LogP contribution in [0.1, 0.15) is 6.92 Å². The lowest BCUT2D eigenvalue weighted by Crippen LogP contribution is -2.50. The van der Waals surface area contributed by atoms with Crippen LogP contribution in [-0.4, -0.2) is 45.9 Å². The van der Waals surface area contributed by atoms with E-state index >= 15 is 0 Å². The van der Waals surface area contributed by atoms with Gasteiger partial charge in [-0.05, 0) is 29.5 Å². The highest BCUT2D eigenvalue weighted by Gasteiger charge is 2.23. The van der Waals surface area contributed by atoms with Crippen LogP contribution in [0.2, 0.25) is 0 Å². The summed E-state index contributed by atoms with van der Waals surface area (Å²) < 4.78 is 1.79. The van der Waals surface area contributed by atoms with Crippen LogP contribution in [0, 0.1) is 0 Å². The third kappa shape index (κ3) is 1.95. The molecule has 1 atom stereocenters. The van der Waals surface area contributed by atoms with Crippen molar-refractivity contribution in [3.05, 3.63) is 30.3 Å². The molecule has 1 aromatic carbocycles. The Morgan fingerprint density at radius 2 is 2.11 bits per heavy atom. The van der Waals surface area contributed by atoms with E-state index in [-0.39, 0.29) is 0 Å². The molecule has 0 amide bonds. The fraction of sp³-hybridized carbons (Fsp3) is 0.417. The Bertz CT molecular complexity index is 508. The van der Waals surface area contributed by atoms with E-state index in [0.717, 1.165) is 31.3 Å². The monoisotopic (exact) mass is 244 g/mol. The average Bonchev–Trinajstić information content (AvgIpc) is 2.89. The number of hydrogen-bond donors (Lipinski definition) is 1. The first-order valence-corrected chi connectivity index (χ1v) is 6.17. The zero-order valence-corrected chi connectivity index (χ0v) is 10.3. The molecule has 2 aromatic rings. The molecule has 1 aliphatic heterocycles. The molecular formula is C12H16N6. The first-order valence-electron chi connectivity index (χ1n) is 6.17. The number of hydrogen-bond acceptors (Lipinski definition) is 5. The van der Waals surface area contributed by atoms with Gasteiger partial charge in [0.15, 0.2) is 0 Å². The third-order valence-electron chi connectivity index (χ3n) is 3.21. The maximum absolute atomic E-state index is 4.17. The van der Waals surface area contributed by atoms with Gasteiger partial charge in [-0.15, -0.1) is 0 Å². The van der Waals surface area contributed by atoms with Crippen molar-refractivity contribution >= 4 is 5.95 Å². The zero-order chi connectivity index (χ0) is 12.4. The zero-order valence-electron chi connectivity index (χ0n) is 10.3. The molecule has 1 fully saturated rings. The summed E-state index contributed by atoms with van der Waals surface area (Å²) in [6.45, 7) is 5.03. The Morgan fingerprint density at radius 1 is 1.28 bits per heavy atom. The second kappa shape index (κ2) is 4.73. The summed E-state index contributed by atoms with van der Waals surface area (Å²) in [6, 6.07) is 10.4. The van der Waals surface area contributed by atoms with Gasteiger partial charge in [-0.25, -0.2) is 0 Å². The minimum atomic E-state index is 0.396. The van der Waals surface area contributed by atoms with Crippen LogP contribution < -0.4 is 10.2 Å². The molecule has 1 saturated heterocycles. The smallest absolute Gasteiger partial charge is 0.250 e. The number of nitrogens with one attached hydrogen (secondary N) is 1. The van der Waals surface area contributed by atoms with Gasteiger partial charge in [-0.3, -0.25) is 0 Å². The lowest BCUT2D eigenvalue weighted by atomic mass is 10.2. The van der Waals surface area contributed by atoms with E-state index in [1.165, 1.54) is 0 Å². The van der Waals surface area contributed by atoms with Gasteiger partial charge in [0.1, 0.15) is 0 Å². The SMILES string of the molecule is CC1CNCCN1c1nnnn1-c1ccccc1. The van der Waals surface area contributed by atoms with Crippen molar-refractivity contribution in [2.45, 2.75) is 13.0 Å². The van der Waals surface area contributed by atoms with E-state index in [0.29, 0.717) is 6.04 Å². The molecule has 94 valence electrons. The fourth-order valence-corrected chi connectivity index (χ4v) is 2.24. The lowest BCUT2D eigenvalue weighted by Gasteiger charge is -2.33. The highest BCUT2D eigenvalue weighted by atomic mass is 15.6. The molecule has 0 aliphatic carbocycles. The summed E-state index contributed by atoms with van der Waals surface area (Å²) in [7, 11) is 0. The first-order chi connectivity index (χ1) is 8.86. The Hall–Kier alpha value is -1.95. The van der Waals surface area contributed by atoms with Crippen LogP contribution in [0.4, 0.5) is 5.95 Å². The number of piperazine rings is 1. The molecular weight excluding hydrogens is 228 g/mol. The second-order valence-corrected chi connectivity index (χ2v) is 4.47. The van der Waals surface area contributed by atoms with E-state index in [1.54, 1.807) is 4.68 Å². The second-order valence-electron chi connectivity index (χ2n) is 4.47. The highest BCUT2D eigenvalue weighted by Crippen LogP contribution is 2.18. The quantitative estimate of drug-likeness (QED) is 0.831. The molecule has 6 nitrogen and oxygen atoms in total. The molecule has 0 radical (unpaired) electrons. The minimum absolute atomic E-state index is 0.396. The molecule has 2 heterocycles.